The van der Waals surface area contributed by atoms with Crippen LogP contribution < -0.4 is 0 Å². The Balaban J connectivity index is 1.85. The molecule has 2 amide bonds. The van der Waals surface area contributed by atoms with Gasteiger partial charge in [0.25, 0.3) is 0 Å². The van der Waals surface area contributed by atoms with Crippen LogP contribution in [0.1, 0.15) is 26.2 Å². The van der Waals surface area contributed by atoms with Gasteiger partial charge in [-0.05, 0) is 39.3 Å². The predicted molar refractivity (Wildman–Crippen MR) is 64.5 cm³/mol. The Kier molecular flexibility index (Phi) is 3.69. The number of nitrogens with zero attached hydrogens (tertiary/aromatic N) is 3. The smallest absolute Gasteiger partial charge is 0.319 e. The van der Waals surface area contributed by atoms with Crippen molar-refractivity contribution >= 4 is 6.03 Å². The normalized spacial score (nSPS) is 26.4. The Hall–Kier alpha value is -0.770. The predicted octanol–water partition coefficient (Wildman–Crippen LogP) is 1.23. The highest BCUT2D eigenvalue weighted by Gasteiger charge is 2.32. The molecule has 0 aromatic rings. The summed E-state index contributed by atoms with van der Waals surface area (Å²) in [6, 6.07) is 0.820. The Bertz CT molecular complexity index is 251. The summed E-state index contributed by atoms with van der Waals surface area (Å²) in [6.07, 6.45) is 3.82. The van der Waals surface area contributed by atoms with Gasteiger partial charge in [0.1, 0.15) is 0 Å². The molecule has 0 saturated carbocycles. The van der Waals surface area contributed by atoms with Crippen molar-refractivity contribution in [2.45, 2.75) is 32.2 Å². The molecule has 0 bridgehead atoms. The fraction of sp³-hybridized carbons (Fsp3) is 0.917. The zero-order valence-corrected chi connectivity index (χ0v) is 10.5. The minimum atomic E-state index is 0.198. The van der Waals surface area contributed by atoms with Gasteiger partial charge in [-0.1, -0.05) is 0 Å². The zero-order valence-electron chi connectivity index (χ0n) is 10.5. The SMILES string of the molecule is CCN(C)C(=O)N1CCC(N2CCCC2)C1. The molecular formula is C12H23N3O. The number of likely N-dealkylation sites (tertiary alicyclic amines) is 2. The van der Waals surface area contributed by atoms with Gasteiger partial charge in [0.05, 0.1) is 0 Å². The lowest BCUT2D eigenvalue weighted by molar-refractivity contribution is 0.168. The highest BCUT2D eigenvalue weighted by atomic mass is 16.2. The third-order valence-corrected chi connectivity index (χ3v) is 3.89. The van der Waals surface area contributed by atoms with Crippen LogP contribution in [0, 0.1) is 0 Å². The maximum atomic E-state index is 12.0. The molecule has 92 valence electrons. The van der Waals surface area contributed by atoms with Crippen LogP contribution in [0.4, 0.5) is 4.79 Å². The molecule has 2 fully saturated rings. The molecule has 1 unspecified atom stereocenters. The zero-order chi connectivity index (χ0) is 11.5. The van der Waals surface area contributed by atoms with Crippen molar-refractivity contribution in [3.05, 3.63) is 0 Å². The Labute approximate surface area is 98.2 Å². The van der Waals surface area contributed by atoms with E-state index in [-0.39, 0.29) is 6.03 Å². The van der Waals surface area contributed by atoms with E-state index in [4.69, 9.17) is 0 Å². The fourth-order valence-corrected chi connectivity index (χ4v) is 2.70. The molecule has 2 saturated heterocycles. The van der Waals surface area contributed by atoms with E-state index >= 15 is 0 Å². The number of amides is 2. The molecule has 16 heavy (non-hydrogen) atoms. The van der Waals surface area contributed by atoms with E-state index in [9.17, 15) is 4.79 Å². The summed E-state index contributed by atoms with van der Waals surface area (Å²) in [6.45, 7) is 7.15. The van der Waals surface area contributed by atoms with Crippen LogP contribution in [0.2, 0.25) is 0 Å². The molecule has 4 nitrogen and oxygen atoms in total. The average molecular weight is 225 g/mol. The molecule has 0 aromatic heterocycles. The number of carbonyl (C=O) groups is 1. The Morgan fingerprint density at radius 1 is 1.31 bits per heavy atom. The van der Waals surface area contributed by atoms with Crippen molar-refractivity contribution in [3.8, 4) is 0 Å². The molecule has 0 aromatic carbocycles. The van der Waals surface area contributed by atoms with Crippen LogP contribution in [0.3, 0.4) is 0 Å². The lowest BCUT2D eigenvalue weighted by Gasteiger charge is -2.26. The second kappa shape index (κ2) is 5.04. The van der Waals surface area contributed by atoms with Crippen LogP contribution in [-0.4, -0.2) is 66.5 Å². The van der Waals surface area contributed by atoms with Crippen molar-refractivity contribution < 1.29 is 4.79 Å². The van der Waals surface area contributed by atoms with E-state index in [2.05, 4.69) is 4.90 Å². The van der Waals surface area contributed by atoms with E-state index < -0.39 is 0 Å². The number of rotatable bonds is 2. The minimum Gasteiger partial charge on any atom is -0.328 e. The van der Waals surface area contributed by atoms with E-state index in [0.29, 0.717) is 6.04 Å². The van der Waals surface area contributed by atoms with Gasteiger partial charge in [-0.2, -0.15) is 0 Å². The quantitative estimate of drug-likeness (QED) is 0.706. The number of urea groups is 1. The Morgan fingerprint density at radius 3 is 2.62 bits per heavy atom. The molecule has 4 heteroatoms. The van der Waals surface area contributed by atoms with Crippen molar-refractivity contribution in [3.63, 3.8) is 0 Å². The van der Waals surface area contributed by atoms with Crippen molar-refractivity contribution in [1.29, 1.82) is 0 Å². The lowest BCUT2D eigenvalue weighted by Crippen LogP contribution is -2.42. The second-order valence-electron chi connectivity index (χ2n) is 4.93. The first-order chi connectivity index (χ1) is 7.72. The monoisotopic (exact) mass is 225 g/mol. The largest absolute Gasteiger partial charge is 0.328 e. The number of carbonyl (C=O) groups excluding carboxylic acids is 1. The van der Waals surface area contributed by atoms with Crippen molar-refractivity contribution in [2.75, 3.05) is 39.8 Å². The molecule has 0 radical (unpaired) electrons. The molecule has 1 atom stereocenters. The van der Waals surface area contributed by atoms with Crippen molar-refractivity contribution in [2.24, 2.45) is 0 Å². The van der Waals surface area contributed by atoms with E-state index in [1.165, 1.54) is 25.9 Å². The molecule has 2 heterocycles. The molecular weight excluding hydrogens is 202 g/mol. The maximum absolute atomic E-state index is 12.0. The van der Waals surface area contributed by atoms with Gasteiger partial charge in [-0.25, -0.2) is 4.79 Å². The first kappa shape index (κ1) is 11.7. The van der Waals surface area contributed by atoms with E-state index in [0.717, 1.165) is 26.1 Å². The van der Waals surface area contributed by atoms with Gasteiger partial charge in [0.2, 0.25) is 0 Å². The van der Waals surface area contributed by atoms with Crippen LogP contribution in [0.25, 0.3) is 0 Å². The third kappa shape index (κ3) is 2.32. The Morgan fingerprint density at radius 2 is 2.00 bits per heavy atom. The summed E-state index contributed by atoms with van der Waals surface area (Å²) < 4.78 is 0. The van der Waals surface area contributed by atoms with Crippen LogP contribution in [0.15, 0.2) is 0 Å². The van der Waals surface area contributed by atoms with E-state index in [1.807, 2.05) is 18.9 Å². The molecule has 0 aliphatic carbocycles. The number of hydrogen-bond acceptors (Lipinski definition) is 2. The minimum absolute atomic E-state index is 0.198. The summed E-state index contributed by atoms with van der Waals surface area (Å²) in [5.41, 5.74) is 0. The van der Waals surface area contributed by atoms with Gasteiger partial charge >= 0.3 is 6.03 Å². The van der Waals surface area contributed by atoms with Gasteiger partial charge in [0.15, 0.2) is 0 Å². The summed E-state index contributed by atoms with van der Waals surface area (Å²) in [5, 5.41) is 0. The second-order valence-corrected chi connectivity index (χ2v) is 4.93. The lowest BCUT2D eigenvalue weighted by atomic mass is 10.2. The van der Waals surface area contributed by atoms with Gasteiger partial charge < -0.3 is 9.80 Å². The molecule has 0 N–H and O–H groups in total. The average Bonchev–Trinajstić information content (AvgIpc) is 2.96. The summed E-state index contributed by atoms with van der Waals surface area (Å²) >= 11 is 0. The number of hydrogen-bond donors (Lipinski definition) is 0. The molecule has 2 aliphatic heterocycles. The van der Waals surface area contributed by atoms with Crippen molar-refractivity contribution in [1.82, 2.24) is 14.7 Å². The molecule has 0 spiro atoms. The summed E-state index contributed by atoms with van der Waals surface area (Å²) in [5.74, 6) is 0. The highest BCUT2D eigenvalue weighted by Crippen LogP contribution is 2.20. The van der Waals surface area contributed by atoms with Gasteiger partial charge in [0, 0.05) is 32.7 Å². The third-order valence-electron chi connectivity index (χ3n) is 3.89. The van der Waals surface area contributed by atoms with Gasteiger partial charge in [-0.15, -0.1) is 0 Å². The standard InChI is InChI=1S/C12H23N3O/c1-3-13(2)12(16)15-9-6-11(10-15)14-7-4-5-8-14/h11H,3-10H2,1-2H3. The highest BCUT2D eigenvalue weighted by molar-refractivity contribution is 5.74. The van der Waals surface area contributed by atoms with E-state index in [1.54, 1.807) is 4.90 Å². The topological polar surface area (TPSA) is 26.8 Å². The maximum Gasteiger partial charge on any atom is 0.319 e. The summed E-state index contributed by atoms with van der Waals surface area (Å²) in [7, 11) is 1.88. The molecule has 2 rings (SSSR count). The van der Waals surface area contributed by atoms with Gasteiger partial charge in [-0.3, -0.25) is 4.90 Å². The van der Waals surface area contributed by atoms with Crippen LogP contribution in [-0.2, 0) is 0 Å². The van der Waals surface area contributed by atoms with Crippen LogP contribution in [0.5, 0.6) is 0 Å². The van der Waals surface area contributed by atoms with Crippen LogP contribution >= 0.6 is 0 Å². The summed E-state index contributed by atoms with van der Waals surface area (Å²) in [4.78, 5) is 18.3. The fourth-order valence-electron chi connectivity index (χ4n) is 2.70. The first-order valence-electron chi connectivity index (χ1n) is 6.46. The first-order valence-corrected chi connectivity index (χ1v) is 6.46. The molecule has 2 aliphatic rings.